The van der Waals surface area contributed by atoms with Crippen molar-refractivity contribution in [1.29, 1.82) is 0 Å². The van der Waals surface area contributed by atoms with Crippen molar-refractivity contribution in [3.05, 3.63) is 71.8 Å². The molecule has 1 N–H and O–H groups in total. The second-order valence-electron chi connectivity index (χ2n) is 6.34. The minimum absolute atomic E-state index is 0.118. The molecule has 0 radical (unpaired) electrons. The molecule has 3 aromatic carbocycles. The maximum Gasteiger partial charge on any atom is 0.330 e. The number of carbonyl (C=O) groups excluding carboxylic acids is 2. The molecule has 1 aliphatic rings. The van der Waals surface area contributed by atoms with Gasteiger partial charge >= 0.3 is 5.97 Å². The Hall–Kier alpha value is -3.34. The highest BCUT2D eigenvalue weighted by atomic mass is 16.5. The summed E-state index contributed by atoms with van der Waals surface area (Å²) in [5.74, 6) is -1.28. The quantitative estimate of drug-likeness (QED) is 0.572. The smallest absolute Gasteiger partial charge is 0.330 e. The third kappa shape index (κ3) is 1.91. The summed E-state index contributed by atoms with van der Waals surface area (Å²) in [7, 11) is 2.86. The molecular weight excluding hydrogens is 330 g/mol. The van der Waals surface area contributed by atoms with E-state index in [0.29, 0.717) is 11.3 Å². The minimum atomic E-state index is -1.73. The molecule has 1 unspecified atom stereocenters. The summed E-state index contributed by atoms with van der Waals surface area (Å²) < 4.78 is 5.04. The van der Waals surface area contributed by atoms with Gasteiger partial charge in [-0.05, 0) is 29.0 Å². The van der Waals surface area contributed by atoms with Crippen molar-refractivity contribution in [2.24, 2.45) is 0 Å². The monoisotopic (exact) mass is 347 g/mol. The number of rotatable bonds is 2. The number of aromatic hydroxyl groups is 1. The fraction of sp³-hybridized carbons (Fsp3) is 0.143. The van der Waals surface area contributed by atoms with Gasteiger partial charge < -0.3 is 14.7 Å². The number of hydrogen-bond donors (Lipinski definition) is 1. The van der Waals surface area contributed by atoms with E-state index in [9.17, 15) is 14.7 Å². The summed E-state index contributed by atoms with van der Waals surface area (Å²) >= 11 is 0. The third-order valence-corrected chi connectivity index (χ3v) is 5.05. The minimum Gasteiger partial charge on any atom is -0.508 e. The summed E-state index contributed by atoms with van der Waals surface area (Å²) in [6.45, 7) is 0. The number of esters is 1. The number of methoxy groups -OCH3 is 1. The van der Waals surface area contributed by atoms with Crippen LogP contribution < -0.4 is 4.90 Å². The van der Waals surface area contributed by atoms with Crippen LogP contribution in [-0.2, 0) is 19.7 Å². The number of nitrogens with zero attached hydrogens (tertiary/aromatic N) is 1. The lowest BCUT2D eigenvalue weighted by atomic mass is 9.74. The fourth-order valence-electron chi connectivity index (χ4n) is 3.81. The number of phenolic OH excluding ortho intramolecular Hbond substituents is 1. The molecule has 0 saturated carbocycles. The Bertz CT molecular complexity index is 1060. The van der Waals surface area contributed by atoms with Crippen LogP contribution in [0, 0.1) is 0 Å². The van der Waals surface area contributed by atoms with Gasteiger partial charge in [-0.2, -0.15) is 0 Å². The van der Waals surface area contributed by atoms with E-state index >= 15 is 0 Å². The second kappa shape index (κ2) is 5.59. The average Bonchev–Trinajstić information content (AvgIpc) is 2.89. The van der Waals surface area contributed by atoms with Gasteiger partial charge in [-0.25, -0.2) is 0 Å². The first-order valence-corrected chi connectivity index (χ1v) is 8.20. The normalized spacial score (nSPS) is 18.8. The van der Waals surface area contributed by atoms with Gasteiger partial charge in [0.05, 0.1) is 7.11 Å². The standard InChI is InChI=1S/C21H17NO4/c1-22-17-10-6-5-9-15(17)21(19(22)24,20(25)26-2)16-11-13-7-3-4-8-14(13)12-18(16)23/h3-12,23H,1-2H3. The first-order valence-electron chi connectivity index (χ1n) is 8.20. The molecule has 0 aliphatic carbocycles. The Labute approximate surface area is 150 Å². The van der Waals surface area contributed by atoms with E-state index < -0.39 is 17.3 Å². The number of para-hydroxylation sites is 1. The van der Waals surface area contributed by atoms with Crippen LogP contribution in [0.4, 0.5) is 5.69 Å². The van der Waals surface area contributed by atoms with Crippen LogP contribution in [0.25, 0.3) is 10.8 Å². The molecule has 0 aromatic heterocycles. The van der Waals surface area contributed by atoms with Crippen molar-refractivity contribution in [2.75, 3.05) is 19.1 Å². The van der Waals surface area contributed by atoms with Gasteiger partial charge in [0.2, 0.25) is 5.41 Å². The van der Waals surface area contributed by atoms with Crippen LogP contribution in [0.1, 0.15) is 11.1 Å². The first-order chi connectivity index (χ1) is 12.5. The van der Waals surface area contributed by atoms with Crippen LogP contribution in [0.15, 0.2) is 60.7 Å². The number of benzene rings is 3. The Kier molecular flexibility index (Phi) is 3.47. The molecule has 0 fully saturated rings. The molecule has 0 saturated heterocycles. The molecule has 5 nitrogen and oxygen atoms in total. The van der Waals surface area contributed by atoms with E-state index in [2.05, 4.69) is 0 Å². The molecular formula is C21H17NO4. The number of amides is 1. The largest absolute Gasteiger partial charge is 0.508 e. The predicted octanol–water partition coefficient (Wildman–Crippen LogP) is 2.98. The number of anilines is 1. The zero-order valence-electron chi connectivity index (χ0n) is 14.4. The van der Waals surface area contributed by atoms with E-state index in [1.54, 1.807) is 43.4 Å². The van der Waals surface area contributed by atoms with Crippen molar-refractivity contribution in [1.82, 2.24) is 0 Å². The summed E-state index contributed by atoms with van der Waals surface area (Å²) in [4.78, 5) is 27.7. The van der Waals surface area contributed by atoms with Gasteiger partial charge in [0.25, 0.3) is 5.91 Å². The van der Waals surface area contributed by atoms with Crippen LogP contribution in [0.3, 0.4) is 0 Å². The highest BCUT2D eigenvalue weighted by Crippen LogP contribution is 2.49. The second-order valence-corrected chi connectivity index (χ2v) is 6.34. The molecule has 1 heterocycles. The number of fused-ring (bicyclic) bond motifs is 2. The molecule has 4 rings (SSSR count). The summed E-state index contributed by atoms with van der Waals surface area (Å²) in [6.07, 6.45) is 0. The van der Waals surface area contributed by atoms with Crippen molar-refractivity contribution in [3.63, 3.8) is 0 Å². The highest BCUT2D eigenvalue weighted by molar-refractivity contribution is 6.23. The Morgan fingerprint density at radius 3 is 2.31 bits per heavy atom. The summed E-state index contributed by atoms with van der Waals surface area (Å²) in [5, 5.41) is 12.4. The molecule has 1 amide bonds. The lowest BCUT2D eigenvalue weighted by Crippen LogP contribution is -2.47. The van der Waals surface area contributed by atoms with E-state index in [0.717, 1.165) is 10.8 Å². The molecule has 130 valence electrons. The van der Waals surface area contributed by atoms with Crippen molar-refractivity contribution < 1.29 is 19.4 Å². The Morgan fingerprint density at radius 2 is 1.62 bits per heavy atom. The molecule has 26 heavy (non-hydrogen) atoms. The first kappa shape index (κ1) is 16.1. The summed E-state index contributed by atoms with van der Waals surface area (Å²) in [5.41, 5.74) is -0.376. The van der Waals surface area contributed by atoms with Crippen molar-refractivity contribution >= 4 is 28.3 Å². The highest BCUT2D eigenvalue weighted by Gasteiger charge is 2.59. The predicted molar refractivity (Wildman–Crippen MR) is 98.3 cm³/mol. The van der Waals surface area contributed by atoms with Gasteiger partial charge in [0.1, 0.15) is 5.75 Å². The number of ether oxygens (including phenoxy) is 1. The van der Waals surface area contributed by atoms with Crippen LogP contribution in [0.5, 0.6) is 5.75 Å². The van der Waals surface area contributed by atoms with E-state index in [1.807, 2.05) is 24.3 Å². The lowest BCUT2D eigenvalue weighted by Gasteiger charge is -2.27. The molecule has 5 heteroatoms. The van der Waals surface area contributed by atoms with Crippen LogP contribution >= 0.6 is 0 Å². The maximum absolute atomic E-state index is 13.3. The fourth-order valence-corrected chi connectivity index (χ4v) is 3.81. The third-order valence-electron chi connectivity index (χ3n) is 5.05. The zero-order chi connectivity index (χ0) is 18.5. The van der Waals surface area contributed by atoms with E-state index in [1.165, 1.54) is 12.0 Å². The van der Waals surface area contributed by atoms with Gasteiger partial charge in [-0.1, -0.05) is 42.5 Å². The zero-order valence-corrected chi connectivity index (χ0v) is 14.4. The van der Waals surface area contributed by atoms with Gasteiger partial charge in [0.15, 0.2) is 0 Å². The van der Waals surface area contributed by atoms with Crippen molar-refractivity contribution in [2.45, 2.75) is 5.41 Å². The van der Waals surface area contributed by atoms with Crippen LogP contribution in [0.2, 0.25) is 0 Å². The molecule has 0 bridgehead atoms. The SMILES string of the molecule is COC(=O)C1(c2cc3ccccc3cc2O)C(=O)N(C)c2ccccc21. The lowest BCUT2D eigenvalue weighted by molar-refractivity contribution is -0.149. The Morgan fingerprint density at radius 1 is 1.00 bits per heavy atom. The number of hydrogen-bond acceptors (Lipinski definition) is 4. The average molecular weight is 347 g/mol. The van der Waals surface area contributed by atoms with Gasteiger partial charge in [-0.3, -0.25) is 9.59 Å². The summed E-state index contributed by atoms with van der Waals surface area (Å²) in [6, 6.07) is 17.8. The van der Waals surface area contributed by atoms with Gasteiger partial charge in [-0.15, -0.1) is 0 Å². The van der Waals surface area contributed by atoms with E-state index in [-0.39, 0.29) is 11.3 Å². The maximum atomic E-state index is 13.3. The topological polar surface area (TPSA) is 66.8 Å². The number of carbonyl (C=O) groups is 2. The van der Waals surface area contributed by atoms with Crippen LogP contribution in [-0.4, -0.2) is 31.1 Å². The van der Waals surface area contributed by atoms with Crippen molar-refractivity contribution in [3.8, 4) is 5.75 Å². The number of likely N-dealkylation sites (N-methyl/N-ethyl adjacent to an activating group) is 1. The molecule has 0 spiro atoms. The molecule has 1 atom stereocenters. The number of phenols is 1. The van der Waals surface area contributed by atoms with Gasteiger partial charge in [0, 0.05) is 23.9 Å². The molecule has 3 aromatic rings. The van der Waals surface area contributed by atoms with E-state index in [4.69, 9.17) is 4.74 Å². The molecule has 1 aliphatic heterocycles. The Balaban J connectivity index is 2.12.